The summed E-state index contributed by atoms with van der Waals surface area (Å²) in [4.78, 5) is 12.0. The summed E-state index contributed by atoms with van der Waals surface area (Å²) in [6, 6.07) is 13.9. The second kappa shape index (κ2) is 7.90. The average Bonchev–Trinajstić information content (AvgIpc) is 2.50. The number of amides is 1. The average molecular weight is 315 g/mol. The molecule has 0 bridgehead atoms. The van der Waals surface area contributed by atoms with E-state index in [-0.39, 0.29) is 5.91 Å². The summed E-state index contributed by atoms with van der Waals surface area (Å²) < 4.78 is 5.36. The number of hydrogen-bond donors (Lipinski definition) is 1. The molecular weight excluding hydrogens is 294 g/mol. The minimum atomic E-state index is 0.0194. The first-order valence-electron chi connectivity index (χ1n) is 7.17. The maximum Gasteiger partial charge on any atom is 0.234 e. The molecule has 2 aromatic carbocycles. The number of carbonyl (C=O) groups is 1. The van der Waals surface area contributed by atoms with Crippen molar-refractivity contribution >= 4 is 23.4 Å². The predicted molar refractivity (Wildman–Crippen MR) is 93.7 cm³/mol. The minimum Gasteiger partial charge on any atom is -0.496 e. The first-order valence-corrected chi connectivity index (χ1v) is 8.32. The van der Waals surface area contributed by atoms with Crippen LogP contribution in [-0.2, 0) is 10.5 Å². The van der Waals surface area contributed by atoms with Gasteiger partial charge in [-0.25, -0.2) is 0 Å². The summed E-state index contributed by atoms with van der Waals surface area (Å²) in [7, 11) is 1.67. The zero-order valence-electron chi connectivity index (χ0n) is 13.2. The van der Waals surface area contributed by atoms with Crippen LogP contribution in [0.1, 0.15) is 16.7 Å². The molecule has 3 nitrogen and oxygen atoms in total. The molecule has 0 atom stereocenters. The molecule has 0 saturated heterocycles. The Hall–Kier alpha value is -1.94. The van der Waals surface area contributed by atoms with Crippen LogP contribution in [0.4, 0.5) is 5.69 Å². The molecule has 1 N–H and O–H groups in total. The number of rotatable bonds is 6. The Balaban J connectivity index is 1.87. The Morgan fingerprint density at radius 3 is 2.68 bits per heavy atom. The van der Waals surface area contributed by atoms with Gasteiger partial charge in [0.2, 0.25) is 5.91 Å². The molecule has 4 heteroatoms. The lowest BCUT2D eigenvalue weighted by Gasteiger charge is -2.10. The lowest BCUT2D eigenvalue weighted by atomic mass is 10.1. The fourth-order valence-corrected chi connectivity index (χ4v) is 2.98. The topological polar surface area (TPSA) is 38.3 Å². The van der Waals surface area contributed by atoms with Crippen LogP contribution in [0.15, 0.2) is 42.5 Å². The molecule has 0 heterocycles. The molecule has 0 aromatic heterocycles. The van der Waals surface area contributed by atoms with Gasteiger partial charge in [-0.15, -0.1) is 11.8 Å². The van der Waals surface area contributed by atoms with Gasteiger partial charge >= 0.3 is 0 Å². The van der Waals surface area contributed by atoms with Crippen molar-refractivity contribution in [3.05, 3.63) is 59.2 Å². The van der Waals surface area contributed by atoms with Gasteiger partial charge in [0, 0.05) is 17.0 Å². The van der Waals surface area contributed by atoms with Gasteiger partial charge in [0.15, 0.2) is 0 Å². The zero-order valence-corrected chi connectivity index (χ0v) is 14.0. The Morgan fingerprint density at radius 1 is 1.18 bits per heavy atom. The van der Waals surface area contributed by atoms with Crippen LogP contribution in [0.2, 0.25) is 0 Å². The maximum absolute atomic E-state index is 12.0. The van der Waals surface area contributed by atoms with E-state index in [2.05, 4.69) is 18.3 Å². The summed E-state index contributed by atoms with van der Waals surface area (Å²) in [6.45, 7) is 4.04. The van der Waals surface area contributed by atoms with E-state index in [0.717, 1.165) is 28.3 Å². The number of aryl methyl sites for hydroxylation is 2. The van der Waals surface area contributed by atoms with E-state index in [1.165, 1.54) is 5.56 Å². The molecule has 116 valence electrons. The van der Waals surface area contributed by atoms with Gasteiger partial charge in [-0.05, 0) is 31.5 Å². The van der Waals surface area contributed by atoms with Crippen LogP contribution in [0.5, 0.6) is 5.75 Å². The molecule has 0 saturated carbocycles. The van der Waals surface area contributed by atoms with E-state index in [9.17, 15) is 4.79 Å². The highest BCUT2D eigenvalue weighted by atomic mass is 32.2. The monoisotopic (exact) mass is 315 g/mol. The third-order valence-corrected chi connectivity index (χ3v) is 4.33. The van der Waals surface area contributed by atoms with Gasteiger partial charge in [0.25, 0.3) is 0 Å². The van der Waals surface area contributed by atoms with E-state index >= 15 is 0 Å². The minimum absolute atomic E-state index is 0.0194. The van der Waals surface area contributed by atoms with Crippen molar-refractivity contribution in [3.8, 4) is 5.75 Å². The van der Waals surface area contributed by atoms with Crippen LogP contribution in [0, 0.1) is 13.8 Å². The van der Waals surface area contributed by atoms with Gasteiger partial charge in [-0.3, -0.25) is 4.79 Å². The number of para-hydroxylation sites is 1. The summed E-state index contributed by atoms with van der Waals surface area (Å²) in [6.07, 6.45) is 0. The van der Waals surface area contributed by atoms with E-state index in [4.69, 9.17) is 4.74 Å². The predicted octanol–water partition coefficient (Wildman–Crippen LogP) is 4.18. The molecule has 0 radical (unpaired) electrons. The van der Waals surface area contributed by atoms with Gasteiger partial charge in [-0.2, -0.15) is 0 Å². The van der Waals surface area contributed by atoms with E-state index in [1.54, 1.807) is 18.9 Å². The number of nitrogens with one attached hydrogen (secondary N) is 1. The van der Waals surface area contributed by atoms with E-state index in [0.29, 0.717) is 5.75 Å². The second-order valence-electron chi connectivity index (χ2n) is 5.17. The fourth-order valence-electron chi connectivity index (χ4n) is 2.17. The third kappa shape index (κ3) is 4.53. The van der Waals surface area contributed by atoms with E-state index < -0.39 is 0 Å². The van der Waals surface area contributed by atoms with Crippen molar-refractivity contribution in [3.63, 3.8) is 0 Å². The molecule has 1 amide bonds. The van der Waals surface area contributed by atoms with Crippen molar-refractivity contribution in [2.24, 2.45) is 0 Å². The Morgan fingerprint density at radius 2 is 1.95 bits per heavy atom. The quantitative estimate of drug-likeness (QED) is 0.869. The Labute approximate surface area is 136 Å². The maximum atomic E-state index is 12.0. The Bertz CT molecular complexity index is 655. The number of thioether (sulfide) groups is 1. The van der Waals surface area contributed by atoms with Gasteiger partial charge in [-0.1, -0.05) is 35.9 Å². The normalized spacial score (nSPS) is 10.3. The van der Waals surface area contributed by atoms with Crippen molar-refractivity contribution in [1.82, 2.24) is 0 Å². The smallest absolute Gasteiger partial charge is 0.234 e. The summed E-state index contributed by atoms with van der Waals surface area (Å²) in [5.41, 5.74) is 4.26. The summed E-state index contributed by atoms with van der Waals surface area (Å²) >= 11 is 1.59. The van der Waals surface area contributed by atoms with Crippen molar-refractivity contribution in [1.29, 1.82) is 0 Å². The van der Waals surface area contributed by atoms with Crippen LogP contribution in [0.3, 0.4) is 0 Å². The molecule has 0 spiro atoms. The molecule has 0 aliphatic rings. The van der Waals surface area contributed by atoms with Crippen LogP contribution < -0.4 is 10.1 Å². The number of anilines is 1. The standard InChI is InChI=1S/C18H21NO2S/c1-13-8-9-17(21-3)15(10-13)11-22-12-18(20)19-16-7-5-4-6-14(16)2/h4-10H,11-12H2,1-3H3,(H,19,20). The van der Waals surface area contributed by atoms with Crippen LogP contribution in [0.25, 0.3) is 0 Å². The highest BCUT2D eigenvalue weighted by Gasteiger charge is 2.07. The SMILES string of the molecule is COc1ccc(C)cc1CSCC(=O)Nc1ccccc1C. The van der Waals surface area contributed by atoms with E-state index in [1.807, 2.05) is 43.3 Å². The molecule has 0 unspecified atom stereocenters. The van der Waals surface area contributed by atoms with Crippen LogP contribution in [-0.4, -0.2) is 18.8 Å². The molecule has 2 aromatic rings. The number of benzene rings is 2. The van der Waals surface area contributed by atoms with Gasteiger partial charge in [0.05, 0.1) is 12.9 Å². The van der Waals surface area contributed by atoms with Crippen molar-refractivity contribution in [2.45, 2.75) is 19.6 Å². The number of hydrogen-bond acceptors (Lipinski definition) is 3. The van der Waals surface area contributed by atoms with Crippen LogP contribution >= 0.6 is 11.8 Å². The number of methoxy groups -OCH3 is 1. The largest absolute Gasteiger partial charge is 0.496 e. The molecule has 0 aliphatic heterocycles. The number of carbonyl (C=O) groups excluding carboxylic acids is 1. The molecule has 2 rings (SSSR count). The lowest BCUT2D eigenvalue weighted by Crippen LogP contribution is -2.14. The molecule has 22 heavy (non-hydrogen) atoms. The zero-order chi connectivity index (χ0) is 15.9. The second-order valence-corrected chi connectivity index (χ2v) is 6.16. The fraction of sp³-hybridized carbons (Fsp3) is 0.278. The number of ether oxygens (including phenoxy) is 1. The Kier molecular flexibility index (Phi) is 5.90. The first-order chi connectivity index (χ1) is 10.6. The first kappa shape index (κ1) is 16.4. The summed E-state index contributed by atoms with van der Waals surface area (Å²) in [5.74, 6) is 2.07. The third-order valence-electron chi connectivity index (χ3n) is 3.35. The van der Waals surface area contributed by atoms with Crippen molar-refractivity contribution < 1.29 is 9.53 Å². The lowest BCUT2D eigenvalue weighted by molar-refractivity contribution is -0.113. The molecule has 0 aliphatic carbocycles. The summed E-state index contributed by atoms with van der Waals surface area (Å²) in [5, 5.41) is 2.95. The molecule has 0 fully saturated rings. The van der Waals surface area contributed by atoms with Crippen molar-refractivity contribution in [2.75, 3.05) is 18.2 Å². The van der Waals surface area contributed by atoms with Gasteiger partial charge < -0.3 is 10.1 Å². The van der Waals surface area contributed by atoms with Gasteiger partial charge in [0.1, 0.15) is 5.75 Å². The highest BCUT2D eigenvalue weighted by Crippen LogP contribution is 2.24. The highest BCUT2D eigenvalue weighted by molar-refractivity contribution is 7.99. The molecular formula is C18H21NO2S.